The number of hydrogen-bond acceptors (Lipinski definition) is 25. The Bertz CT molecular complexity index is 3850. The molecule has 39 heteroatoms. The third-order valence-electron chi connectivity index (χ3n) is 19.9. The fourth-order valence-electron chi connectivity index (χ4n) is 12.9. The standard InChI is InChI=1S/C80H117N11O25S3/c1-9-11-31-114-46-91(75(106)57(48(5)10-2)39-65(95)62-18-13-15-30-90(62)8)63(47(3)4)41-67(116-50(7)92)74-88-60(44-117-74)73(105)85-55(35-51-24-26-56(93)27-25-51)34-49(6)66(96)43-84-80(113)115-32-33-118-119-45-61(77(109)110)87-72(104)54(38-70(100)101)37-64(94)59(40-71(102)103)86-68(97)36-52-20-22-53(23-21-52)42-83-78(111)81-28-14-12-17-58(76(107)108)89-79(112)82-29-16-19-69(98)99/h20-27,44,47-49,54-55,57-59,61-63,67,93H,9-19,28-43,45-46H2,1-8H3,(H,84,113)(H,85,105)(H,86,97)(H,87,104)(H,98,99)(H,100,101)(H,102,103)(H,107,108)(H,109,110)(H2,81,83,111)(H2,82,89,112)/t48?,49-,54-,55+,57-,58+,59-,61+,62+,63-,67-/m0/s1. The number of benzene rings is 2. The molecule has 0 aliphatic carbocycles. The number of phenols is 1. The lowest BCUT2D eigenvalue weighted by Crippen LogP contribution is -2.50. The zero-order valence-electron chi connectivity index (χ0n) is 68.6. The molecule has 0 saturated carbocycles. The van der Waals surface area contributed by atoms with Crippen molar-refractivity contribution in [1.29, 1.82) is 0 Å². The number of esters is 1. The number of aliphatic carboxylic acids is 5. The number of piperidine rings is 1. The third kappa shape index (κ3) is 39.2. The van der Waals surface area contributed by atoms with Crippen LogP contribution in [0.15, 0.2) is 53.9 Å². The second-order valence-electron chi connectivity index (χ2n) is 29.8. The molecule has 1 aromatic heterocycles. The van der Waals surface area contributed by atoms with E-state index in [0.717, 1.165) is 71.6 Å². The number of urea groups is 2. The zero-order valence-corrected chi connectivity index (χ0v) is 71.1. The van der Waals surface area contributed by atoms with Crippen molar-refractivity contribution >= 4 is 128 Å². The number of likely N-dealkylation sites (tertiary alicyclic amines) is 1. The number of carboxylic acid groups (broad SMARTS) is 5. The molecular formula is C80H117N11O25S3. The molecule has 0 spiro atoms. The van der Waals surface area contributed by atoms with Crippen LogP contribution in [0.1, 0.15) is 196 Å². The van der Waals surface area contributed by atoms with Gasteiger partial charge in [0.2, 0.25) is 17.7 Å². The number of alkyl carbamates (subject to hydrolysis) is 1. The van der Waals surface area contributed by atoms with Crippen LogP contribution >= 0.6 is 32.9 Å². The number of Topliss-reactive ketones (excluding diaryl/α,β-unsaturated/α-hetero) is 3. The number of hydrogen-bond donors (Lipinski definition) is 14. The molecule has 14 N–H and O–H groups in total. The topological polar surface area (TPSA) is 538 Å². The number of ketones is 3. The van der Waals surface area contributed by atoms with Crippen molar-refractivity contribution in [2.24, 2.45) is 29.6 Å². The maximum Gasteiger partial charge on any atom is 0.407 e. The van der Waals surface area contributed by atoms with Crippen LogP contribution in [-0.4, -0.2) is 241 Å². The summed E-state index contributed by atoms with van der Waals surface area (Å²) in [5, 5.41) is 79.3. The van der Waals surface area contributed by atoms with E-state index < -0.39 is 163 Å². The smallest absolute Gasteiger partial charge is 0.407 e. The molecule has 2 aromatic carbocycles. The summed E-state index contributed by atoms with van der Waals surface area (Å²) in [4.78, 5) is 214. The predicted octanol–water partition coefficient (Wildman–Crippen LogP) is 7.03. The summed E-state index contributed by atoms with van der Waals surface area (Å²) in [5.41, 5.74) is 1.66. The van der Waals surface area contributed by atoms with Crippen molar-refractivity contribution in [3.8, 4) is 5.75 Å². The molecule has 1 aliphatic heterocycles. The summed E-state index contributed by atoms with van der Waals surface area (Å²) in [6, 6.07) is 4.95. The van der Waals surface area contributed by atoms with Gasteiger partial charge in [-0.3, -0.25) is 57.6 Å². The van der Waals surface area contributed by atoms with Gasteiger partial charge in [0.1, 0.15) is 41.9 Å². The molecule has 4 rings (SSSR count). The van der Waals surface area contributed by atoms with Crippen molar-refractivity contribution in [2.75, 3.05) is 64.7 Å². The average molecular weight is 1730 g/mol. The second kappa shape index (κ2) is 54.2. The minimum Gasteiger partial charge on any atom is -0.508 e. The van der Waals surface area contributed by atoms with Gasteiger partial charge in [0.25, 0.3) is 5.91 Å². The Morgan fingerprint density at radius 2 is 1.34 bits per heavy atom. The largest absolute Gasteiger partial charge is 0.508 e. The predicted molar refractivity (Wildman–Crippen MR) is 440 cm³/mol. The highest BCUT2D eigenvalue weighted by Crippen LogP contribution is 2.34. The van der Waals surface area contributed by atoms with E-state index in [4.69, 9.17) is 19.3 Å². The van der Waals surface area contributed by atoms with Gasteiger partial charge in [0.05, 0.1) is 43.8 Å². The zero-order chi connectivity index (χ0) is 88.3. The molecule has 3 aromatic rings. The summed E-state index contributed by atoms with van der Waals surface area (Å²) >= 11 is 1.08. The van der Waals surface area contributed by atoms with Gasteiger partial charge >= 0.3 is 54.0 Å². The molecule has 9 amide bonds. The number of carboxylic acids is 5. The number of amides is 9. The van der Waals surface area contributed by atoms with Crippen LogP contribution < -0.4 is 42.5 Å². The number of likely N-dealkylation sites (N-methyl/N-ethyl adjacent to an activating group) is 1. The van der Waals surface area contributed by atoms with Gasteiger partial charge in [-0.1, -0.05) is 119 Å². The van der Waals surface area contributed by atoms with E-state index in [0.29, 0.717) is 42.6 Å². The van der Waals surface area contributed by atoms with Crippen LogP contribution in [0.2, 0.25) is 0 Å². The molecule has 660 valence electrons. The third-order valence-corrected chi connectivity index (χ3v) is 23.2. The van der Waals surface area contributed by atoms with Crippen LogP contribution in [0, 0.1) is 29.6 Å². The summed E-state index contributed by atoms with van der Waals surface area (Å²) < 4.78 is 17.4. The van der Waals surface area contributed by atoms with Crippen LogP contribution in [0.4, 0.5) is 14.4 Å². The Morgan fingerprint density at radius 1 is 0.672 bits per heavy atom. The SMILES string of the molecule is CCCCOCN(C(=O)[C@@H](CC(=O)[C@H]1CCCCN1C)C(C)CC)[C@@H](C[C@H](OC(C)=O)c1nc(C(=O)N[C@@H](Cc2ccc(O)cc2)C[C@H](C)C(=O)CNC(=O)OCCSSC[C@@H](NC(=O)[C@H](CC(=O)O)CC(=O)[C@H](CC(=O)O)NC(=O)Cc2ccc(CNC(=O)NCCCC[C@@H](NC(=O)NCCCC(=O)O)C(=O)O)cc2)C(=O)O)cs1)C(C)C. The second-order valence-corrected chi connectivity index (χ2v) is 33.3. The van der Waals surface area contributed by atoms with Gasteiger partial charge in [-0.25, -0.2) is 29.0 Å². The maximum atomic E-state index is 15.1. The van der Waals surface area contributed by atoms with E-state index in [2.05, 4.69) is 52.4 Å². The lowest BCUT2D eigenvalue weighted by Gasteiger charge is -2.39. The quantitative estimate of drug-likeness (QED) is 0.0117. The molecule has 1 saturated heterocycles. The highest BCUT2D eigenvalue weighted by Gasteiger charge is 2.40. The van der Waals surface area contributed by atoms with E-state index in [9.17, 15) is 97.5 Å². The minimum absolute atomic E-state index is 0.00121. The molecule has 1 aliphatic rings. The molecule has 119 heavy (non-hydrogen) atoms. The Morgan fingerprint density at radius 3 is 1.97 bits per heavy atom. The Kier molecular flexibility index (Phi) is 46.2. The van der Waals surface area contributed by atoms with Gasteiger partial charge in [-0.2, -0.15) is 0 Å². The normalized spacial score (nSPS) is 15.2. The van der Waals surface area contributed by atoms with Crippen molar-refractivity contribution in [3.63, 3.8) is 0 Å². The molecule has 1 fully saturated rings. The number of aromatic hydroxyl groups is 1. The first kappa shape index (κ1) is 101. The highest BCUT2D eigenvalue weighted by molar-refractivity contribution is 8.76. The van der Waals surface area contributed by atoms with Crippen molar-refractivity contribution in [3.05, 3.63) is 81.3 Å². The molecule has 36 nitrogen and oxygen atoms in total. The Hall–Kier alpha value is -9.99. The van der Waals surface area contributed by atoms with Crippen LogP contribution in [-0.2, 0) is 91.1 Å². The van der Waals surface area contributed by atoms with Crippen LogP contribution in [0.3, 0.4) is 0 Å². The fraction of sp³-hybridized carbons (Fsp3) is 0.613. The van der Waals surface area contributed by atoms with Gasteiger partial charge in [-0.15, -0.1) is 11.3 Å². The molecule has 11 atom stereocenters. The van der Waals surface area contributed by atoms with Gasteiger partial charge in [0, 0.05) is 99.7 Å². The van der Waals surface area contributed by atoms with E-state index in [1.807, 2.05) is 41.7 Å². The summed E-state index contributed by atoms with van der Waals surface area (Å²) in [6.45, 7) is 13.4. The Labute approximate surface area is 703 Å². The summed E-state index contributed by atoms with van der Waals surface area (Å²) in [6.07, 6.45) is 0.756. The summed E-state index contributed by atoms with van der Waals surface area (Å²) in [5.74, 6) is -15.7. The number of unbranched alkanes of at least 4 members (excludes halogenated alkanes) is 2. The van der Waals surface area contributed by atoms with Crippen LogP contribution in [0.5, 0.6) is 5.75 Å². The van der Waals surface area contributed by atoms with E-state index in [-0.39, 0.29) is 142 Å². The maximum absolute atomic E-state index is 15.1. The summed E-state index contributed by atoms with van der Waals surface area (Å²) in [7, 11) is 3.89. The minimum atomic E-state index is -1.75. The van der Waals surface area contributed by atoms with Gasteiger partial charge in [-0.05, 0) is 112 Å². The molecular weight excluding hydrogens is 1610 g/mol. The lowest BCUT2D eigenvalue weighted by atomic mass is 9.82. The Balaban J connectivity index is 1.28. The van der Waals surface area contributed by atoms with Gasteiger partial charge in [0.15, 0.2) is 23.5 Å². The van der Waals surface area contributed by atoms with Crippen molar-refractivity contribution in [1.82, 2.24) is 57.3 Å². The number of nitrogens with zero attached hydrogens (tertiary/aromatic N) is 3. The number of nitrogens with one attached hydrogen (secondary N) is 8. The molecule has 0 radical (unpaired) electrons. The van der Waals surface area contributed by atoms with Crippen LogP contribution in [0.25, 0.3) is 0 Å². The lowest BCUT2D eigenvalue weighted by molar-refractivity contribution is -0.155. The van der Waals surface area contributed by atoms with E-state index in [1.54, 1.807) is 36.1 Å². The van der Waals surface area contributed by atoms with E-state index in [1.165, 1.54) is 36.6 Å². The first-order chi connectivity index (χ1) is 56.5. The number of ether oxygens (including phenoxy) is 3. The first-order valence-electron chi connectivity index (χ1n) is 39.9. The number of carbonyl (C=O) groups is 16. The van der Waals surface area contributed by atoms with Gasteiger partial charge < -0.3 is 92.3 Å². The fourth-order valence-corrected chi connectivity index (χ4v) is 15.8. The highest BCUT2D eigenvalue weighted by atomic mass is 33.1. The van der Waals surface area contributed by atoms with Crippen molar-refractivity contribution in [2.45, 2.75) is 219 Å². The monoisotopic (exact) mass is 1730 g/mol. The number of carbonyl (C=O) groups excluding carboxylic acids is 11. The number of thiazole rings is 1. The number of phenolic OH excluding ortho intramolecular Hbond substituents is 1. The molecule has 0 bridgehead atoms. The number of aromatic nitrogens is 1. The molecule has 2 heterocycles. The van der Waals surface area contributed by atoms with E-state index >= 15 is 4.79 Å². The van der Waals surface area contributed by atoms with Crippen molar-refractivity contribution < 1.29 is 122 Å². The average Bonchev–Trinajstić information content (AvgIpc) is 1.75. The molecule has 1 unspecified atom stereocenters. The number of rotatable bonds is 58. The first-order valence-corrected chi connectivity index (χ1v) is 43.2.